The number of ether oxygens (including phenoxy) is 2. The number of hydrogen-bond donors (Lipinski definition) is 0. The van der Waals surface area contributed by atoms with Crippen LogP contribution in [0.3, 0.4) is 0 Å². The zero-order valence-electron chi connectivity index (χ0n) is 17.3. The fourth-order valence-electron chi connectivity index (χ4n) is 4.56. The van der Waals surface area contributed by atoms with E-state index in [4.69, 9.17) is 9.47 Å². The number of allylic oxidation sites excluding steroid dienone is 2. The van der Waals surface area contributed by atoms with Gasteiger partial charge in [0.2, 0.25) is 0 Å². The molecule has 0 spiro atoms. The highest BCUT2D eigenvalue weighted by Gasteiger charge is 2.25. The minimum absolute atomic E-state index is 0.796. The van der Waals surface area contributed by atoms with Gasteiger partial charge in [-0.3, -0.25) is 0 Å². The first-order valence-electron chi connectivity index (χ1n) is 11.3. The molecule has 0 N–H and O–H groups in total. The summed E-state index contributed by atoms with van der Waals surface area (Å²) in [6.07, 6.45) is 24.3. The van der Waals surface area contributed by atoms with Crippen LogP contribution >= 0.6 is 0 Å². The summed E-state index contributed by atoms with van der Waals surface area (Å²) in [6.45, 7) is 6.16. The van der Waals surface area contributed by atoms with E-state index in [2.05, 4.69) is 26.0 Å². The van der Waals surface area contributed by atoms with Crippen molar-refractivity contribution in [2.45, 2.75) is 90.9 Å². The molecule has 2 rings (SSSR count). The third-order valence-corrected chi connectivity index (χ3v) is 6.44. The summed E-state index contributed by atoms with van der Waals surface area (Å²) in [6, 6.07) is 0. The van der Waals surface area contributed by atoms with Crippen LogP contribution in [-0.2, 0) is 9.47 Å². The summed E-state index contributed by atoms with van der Waals surface area (Å²) >= 11 is 0. The van der Waals surface area contributed by atoms with Gasteiger partial charge < -0.3 is 9.47 Å². The lowest BCUT2D eigenvalue weighted by atomic mass is 9.76. The predicted octanol–water partition coefficient (Wildman–Crippen LogP) is 7.26. The Hall–Kier alpha value is -0.920. The Morgan fingerprint density at radius 1 is 0.577 bits per heavy atom. The van der Waals surface area contributed by atoms with Crippen LogP contribution in [0.5, 0.6) is 0 Å². The van der Waals surface area contributed by atoms with Crippen LogP contribution in [0, 0.1) is 23.7 Å². The van der Waals surface area contributed by atoms with Crippen molar-refractivity contribution < 1.29 is 9.47 Å². The van der Waals surface area contributed by atoms with Crippen molar-refractivity contribution in [2.24, 2.45) is 23.7 Å². The quantitative estimate of drug-likeness (QED) is 0.360. The van der Waals surface area contributed by atoms with Crippen molar-refractivity contribution in [1.82, 2.24) is 0 Å². The first-order valence-corrected chi connectivity index (χ1v) is 11.3. The molecule has 0 aromatic rings. The van der Waals surface area contributed by atoms with Gasteiger partial charge in [0.1, 0.15) is 0 Å². The molecule has 26 heavy (non-hydrogen) atoms. The maximum Gasteiger partial charge on any atom is 0.0901 e. The summed E-state index contributed by atoms with van der Waals surface area (Å²) in [5.41, 5.74) is 0. The molecule has 0 atom stereocenters. The van der Waals surface area contributed by atoms with Gasteiger partial charge in [-0.15, -0.1) is 0 Å². The standard InChI is InChI=1S/C24H42O2/c1-3-5-17-25-19-23-13-9-21(10-14-23)7-8-22-11-15-24(16-12-22)20-26-18-6-4-2/h5-6,17-18,21-24H,3-4,7-16,19-20H2,1-2H3/t21-,22-,23-,24-. The van der Waals surface area contributed by atoms with Crippen molar-refractivity contribution in [3.8, 4) is 0 Å². The highest BCUT2D eigenvalue weighted by Crippen LogP contribution is 2.36. The van der Waals surface area contributed by atoms with E-state index < -0.39 is 0 Å². The van der Waals surface area contributed by atoms with E-state index in [1.807, 2.05) is 12.5 Å². The van der Waals surface area contributed by atoms with Gasteiger partial charge in [-0.1, -0.05) is 64.5 Å². The van der Waals surface area contributed by atoms with Crippen LogP contribution in [0.15, 0.2) is 24.7 Å². The molecule has 0 aliphatic heterocycles. The minimum Gasteiger partial charge on any atom is -0.501 e. The molecule has 2 saturated carbocycles. The van der Waals surface area contributed by atoms with Crippen molar-refractivity contribution in [3.63, 3.8) is 0 Å². The summed E-state index contributed by atoms with van der Waals surface area (Å²) in [5, 5.41) is 0. The molecule has 0 aromatic heterocycles. The normalized spacial score (nSPS) is 30.1. The molecule has 0 unspecified atom stereocenters. The molecular weight excluding hydrogens is 320 g/mol. The molecule has 2 heteroatoms. The van der Waals surface area contributed by atoms with Crippen LogP contribution < -0.4 is 0 Å². The highest BCUT2D eigenvalue weighted by atomic mass is 16.5. The molecule has 2 aliphatic carbocycles. The van der Waals surface area contributed by atoms with Gasteiger partial charge in [0, 0.05) is 0 Å². The SMILES string of the molecule is CCC=COC[C@H]1CC[C@H](CC[C@H]2CC[C@H](COC=CCC)CC2)CC1. The van der Waals surface area contributed by atoms with Crippen LogP contribution in [0.2, 0.25) is 0 Å². The molecule has 0 heterocycles. The van der Waals surface area contributed by atoms with Crippen LogP contribution in [0.25, 0.3) is 0 Å². The van der Waals surface area contributed by atoms with Gasteiger partial charge in [0.15, 0.2) is 0 Å². The maximum absolute atomic E-state index is 5.66. The first kappa shape index (κ1) is 21.4. The maximum atomic E-state index is 5.66. The van der Waals surface area contributed by atoms with Crippen molar-refractivity contribution in [2.75, 3.05) is 13.2 Å². The second-order valence-electron chi connectivity index (χ2n) is 8.58. The Balaban J connectivity index is 1.50. The van der Waals surface area contributed by atoms with Gasteiger partial charge in [0.05, 0.1) is 25.7 Å². The van der Waals surface area contributed by atoms with Gasteiger partial charge in [-0.25, -0.2) is 0 Å². The fourth-order valence-corrected chi connectivity index (χ4v) is 4.56. The summed E-state index contributed by atoms with van der Waals surface area (Å²) < 4.78 is 11.3. The Labute approximate surface area is 162 Å². The molecule has 2 aliphatic rings. The molecule has 2 fully saturated rings. The van der Waals surface area contributed by atoms with Crippen LogP contribution in [-0.4, -0.2) is 13.2 Å². The molecule has 0 saturated heterocycles. The topological polar surface area (TPSA) is 18.5 Å². The van der Waals surface area contributed by atoms with E-state index in [9.17, 15) is 0 Å². The molecule has 0 bridgehead atoms. The van der Waals surface area contributed by atoms with Crippen molar-refractivity contribution in [1.29, 1.82) is 0 Å². The van der Waals surface area contributed by atoms with E-state index in [1.54, 1.807) is 0 Å². The third kappa shape index (κ3) is 8.64. The molecule has 2 nitrogen and oxygen atoms in total. The average Bonchev–Trinajstić information content (AvgIpc) is 2.69. The Morgan fingerprint density at radius 3 is 1.27 bits per heavy atom. The van der Waals surface area contributed by atoms with E-state index in [1.165, 1.54) is 64.2 Å². The molecular formula is C24H42O2. The van der Waals surface area contributed by atoms with Gasteiger partial charge in [0.25, 0.3) is 0 Å². The van der Waals surface area contributed by atoms with Crippen LogP contribution in [0.4, 0.5) is 0 Å². The lowest BCUT2D eigenvalue weighted by Gasteiger charge is -2.31. The van der Waals surface area contributed by atoms with E-state index >= 15 is 0 Å². The van der Waals surface area contributed by atoms with Crippen molar-refractivity contribution in [3.05, 3.63) is 24.7 Å². The lowest BCUT2D eigenvalue weighted by Crippen LogP contribution is -2.21. The van der Waals surface area contributed by atoms with Gasteiger partial charge >= 0.3 is 0 Å². The second-order valence-corrected chi connectivity index (χ2v) is 8.58. The number of hydrogen-bond acceptors (Lipinski definition) is 2. The summed E-state index contributed by atoms with van der Waals surface area (Å²) in [4.78, 5) is 0. The predicted molar refractivity (Wildman–Crippen MR) is 111 cm³/mol. The molecule has 150 valence electrons. The van der Waals surface area contributed by atoms with E-state index in [-0.39, 0.29) is 0 Å². The first-order chi connectivity index (χ1) is 12.8. The lowest BCUT2D eigenvalue weighted by molar-refractivity contribution is 0.131. The van der Waals surface area contributed by atoms with Crippen LogP contribution in [0.1, 0.15) is 90.9 Å². The third-order valence-electron chi connectivity index (χ3n) is 6.44. The monoisotopic (exact) mass is 362 g/mol. The Kier molecular flexibility index (Phi) is 10.9. The second kappa shape index (κ2) is 13.3. The Morgan fingerprint density at radius 2 is 0.923 bits per heavy atom. The zero-order valence-corrected chi connectivity index (χ0v) is 17.3. The largest absolute Gasteiger partial charge is 0.501 e. The number of rotatable bonds is 11. The minimum atomic E-state index is 0.796. The average molecular weight is 363 g/mol. The molecule has 0 aromatic carbocycles. The zero-order chi connectivity index (χ0) is 18.5. The van der Waals surface area contributed by atoms with Gasteiger partial charge in [-0.05, 0) is 62.2 Å². The van der Waals surface area contributed by atoms with Gasteiger partial charge in [-0.2, -0.15) is 0 Å². The van der Waals surface area contributed by atoms with E-state index in [0.29, 0.717) is 0 Å². The molecule has 0 amide bonds. The van der Waals surface area contributed by atoms with E-state index in [0.717, 1.165) is 49.7 Å². The summed E-state index contributed by atoms with van der Waals surface area (Å²) in [7, 11) is 0. The summed E-state index contributed by atoms with van der Waals surface area (Å²) in [5.74, 6) is 3.56. The van der Waals surface area contributed by atoms with Crippen molar-refractivity contribution >= 4 is 0 Å². The Bertz CT molecular complexity index is 347. The highest BCUT2D eigenvalue weighted by molar-refractivity contribution is 4.78. The molecule has 0 radical (unpaired) electrons. The smallest absolute Gasteiger partial charge is 0.0901 e. The fraction of sp³-hybridized carbons (Fsp3) is 0.833.